The molecule has 32 heavy (non-hydrogen) atoms. The second-order valence-electron chi connectivity index (χ2n) is 9.47. The molecule has 0 saturated heterocycles. The first-order chi connectivity index (χ1) is 15.4. The van der Waals surface area contributed by atoms with E-state index in [1.165, 1.54) is 37.8 Å². The molecule has 2 unspecified atom stereocenters. The van der Waals surface area contributed by atoms with Gasteiger partial charge in [0.2, 0.25) is 11.6 Å². The van der Waals surface area contributed by atoms with Crippen molar-refractivity contribution in [3.05, 3.63) is 35.9 Å². The van der Waals surface area contributed by atoms with Crippen LogP contribution in [0, 0.1) is 35.3 Å². The number of benzene rings is 1. The summed E-state index contributed by atoms with van der Waals surface area (Å²) in [5, 5.41) is 0. The molecule has 0 N–H and O–H groups in total. The molecular formula is C26H36F4O2. The summed E-state index contributed by atoms with van der Waals surface area (Å²) in [7, 11) is 0. The molecule has 3 rings (SSSR count). The van der Waals surface area contributed by atoms with Crippen LogP contribution in [0.1, 0.15) is 65.2 Å². The van der Waals surface area contributed by atoms with Gasteiger partial charge in [0.1, 0.15) is 12.8 Å². The quantitative estimate of drug-likeness (QED) is 0.281. The fourth-order valence-electron chi connectivity index (χ4n) is 4.90. The summed E-state index contributed by atoms with van der Waals surface area (Å²) in [6.45, 7) is 3.50. The first kappa shape index (κ1) is 24.9. The molecule has 180 valence electrons. The number of ether oxygens (including phenoxy) is 2. The Kier molecular flexibility index (Phi) is 9.30. The fourth-order valence-corrected chi connectivity index (χ4v) is 4.90. The highest BCUT2D eigenvalue weighted by Crippen LogP contribution is 2.36. The molecule has 2 nitrogen and oxygen atoms in total. The average molecular weight is 457 g/mol. The molecule has 2 aliphatic rings. The maximum absolute atomic E-state index is 14.7. The third-order valence-corrected chi connectivity index (χ3v) is 7.04. The van der Waals surface area contributed by atoms with Crippen molar-refractivity contribution in [2.75, 3.05) is 13.2 Å². The summed E-state index contributed by atoms with van der Waals surface area (Å²) in [5.74, 6) is -1.54. The summed E-state index contributed by atoms with van der Waals surface area (Å²) >= 11 is 0. The molecule has 2 atom stereocenters. The molecular weight excluding hydrogens is 420 g/mol. The van der Waals surface area contributed by atoms with E-state index in [9.17, 15) is 17.6 Å². The van der Waals surface area contributed by atoms with Gasteiger partial charge in [0.05, 0.1) is 6.61 Å². The molecule has 0 aromatic heterocycles. The van der Waals surface area contributed by atoms with E-state index >= 15 is 0 Å². The first-order valence-electron chi connectivity index (χ1n) is 12.1. The monoisotopic (exact) mass is 456 g/mol. The van der Waals surface area contributed by atoms with Gasteiger partial charge in [-0.15, -0.1) is 0 Å². The molecule has 0 spiro atoms. The van der Waals surface area contributed by atoms with Gasteiger partial charge in [-0.3, -0.25) is 0 Å². The largest absolute Gasteiger partial charge is 0.491 e. The second-order valence-corrected chi connectivity index (χ2v) is 9.47. The Bertz CT molecular complexity index is 738. The van der Waals surface area contributed by atoms with Crippen LogP contribution in [0.25, 0.3) is 0 Å². The van der Waals surface area contributed by atoms with Crippen molar-refractivity contribution < 1.29 is 27.0 Å². The van der Waals surface area contributed by atoms with Crippen LogP contribution in [0.2, 0.25) is 0 Å². The van der Waals surface area contributed by atoms with Gasteiger partial charge in [-0.2, -0.15) is 8.78 Å². The second kappa shape index (κ2) is 11.9. The fraction of sp³-hybridized carbons (Fsp3) is 0.692. The topological polar surface area (TPSA) is 18.5 Å². The van der Waals surface area contributed by atoms with Crippen molar-refractivity contribution >= 4 is 0 Å². The molecule has 1 aromatic carbocycles. The molecule has 0 radical (unpaired) electrons. The van der Waals surface area contributed by atoms with Crippen LogP contribution < -0.4 is 9.47 Å². The van der Waals surface area contributed by atoms with Crippen molar-refractivity contribution in [1.82, 2.24) is 0 Å². The number of alkyl halides is 2. The van der Waals surface area contributed by atoms with Gasteiger partial charge in [-0.05, 0) is 81.3 Å². The van der Waals surface area contributed by atoms with Crippen molar-refractivity contribution in [3.8, 4) is 11.5 Å². The third kappa shape index (κ3) is 6.64. The van der Waals surface area contributed by atoms with E-state index < -0.39 is 36.3 Å². The highest BCUT2D eigenvalue weighted by molar-refractivity contribution is 5.35. The molecule has 0 heterocycles. The van der Waals surface area contributed by atoms with Crippen LogP contribution >= 0.6 is 0 Å². The number of hydrogen-bond donors (Lipinski definition) is 0. The Hall–Kier alpha value is -1.72. The maximum atomic E-state index is 14.7. The SMILES string of the molecule is CCOc1ccc(OCC(F)C(F)C2CCC(/C=C/C3CCC(C)CC3)CC2)c(F)c1F. The third-order valence-electron chi connectivity index (χ3n) is 7.04. The minimum absolute atomic E-state index is 0.185. The summed E-state index contributed by atoms with van der Waals surface area (Å²) in [4.78, 5) is 0. The van der Waals surface area contributed by atoms with Gasteiger partial charge in [-0.25, -0.2) is 8.78 Å². The zero-order valence-electron chi connectivity index (χ0n) is 19.2. The molecule has 1 aromatic rings. The van der Waals surface area contributed by atoms with Crippen LogP contribution in [0.15, 0.2) is 24.3 Å². The zero-order chi connectivity index (χ0) is 23.1. The van der Waals surface area contributed by atoms with Gasteiger partial charge in [0.15, 0.2) is 17.7 Å². The number of rotatable bonds is 9. The predicted molar refractivity (Wildman–Crippen MR) is 119 cm³/mol. The Morgan fingerprint density at radius 2 is 1.34 bits per heavy atom. The Balaban J connectivity index is 1.43. The summed E-state index contributed by atoms with van der Waals surface area (Å²) in [6, 6.07) is 2.40. The van der Waals surface area contributed by atoms with Gasteiger partial charge < -0.3 is 9.47 Å². The lowest BCUT2D eigenvalue weighted by molar-refractivity contribution is 0.0514. The van der Waals surface area contributed by atoms with E-state index in [0.29, 0.717) is 24.7 Å². The summed E-state index contributed by atoms with van der Waals surface area (Å²) < 4.78 is 67.2. The normalized spacial score (nSPS) is 28.4. The molecule has 0 aliphatic heterocycles. The Morgan fingerprint density at radius 3 is 1.88 bits per heavy atom. The van der Waals surface area contributed by atoms with Crippen molar-refractivity contribution in [1.29, 1.82) is 0 Å². The Labute approximate surface area is 189 Å². The highest BCUT2D eigenvalue weighted by atomic mass is 19.2. The minimum atomic E-state index is -1.88. The molecule has 0 amide bonds. The standard InChI is InChI=1S/C26H36F4O2/c1-3-31-22-14-15-23(26(30)25(22)29)32-16-21(27)24(28)20-12-10-19(11-13-20)9-8-18-6-4-17(2)5-7-18/h8-9,14-15,17-21,24H,3-7,10-13,16H2,1-2H3/b9-8+. The minimum Gasteiger partial charge on any atom is -0.491 e. The first-order valence-corrected chi connectivity index (χ1v) is 12.1. The maximum Gasteiger partial charge on any atom is 0.204 e. The van der Waals surface area contributed by atoms with Crippen molar-refractivity contribution in [2.24, 2.45) is 23.7 Å². The molecule has 0 bridgehead atoms. The van der Waals surface area contributed by atoms with E-state index in [0.717, 1.165) is 18.8 Å². The number of hydrogen-bond acceptors (Lipinski definition) is 2. The smallest absolute Gasteiger partial charge is 0.204 e. The Morgan fingerprint density at radius 1 is 0.844 bits per heavy atom. The van der Waals surface area contributed by atoms with E-state index in [1.54, 1.807) is 6.92 Å². The lowest BCUT2D eigenvalue weighted by atomic mass is 9.77. The lowest BCUT2D eigenvalue weighted by Gasteiger charge is -2.31. The van der Waals surface area contributed by atoms with Crippen LogP contribution in [-0.2, 0) is 0 Å². The molecule has 6 heteroatoms. The molecule has 2 saturated carbocycles. The summed E-state index contributed by atoms with van der Waals surface area (Å²) in [5.41, 5.74) is 0. The average Bonchev–Trinajstić information content (AvgIpc) is 2.81. The van der Waals surface area contributed by atoms with Gasteiger partial charge in [-0.1, -0.05) is 31.9 Å². The van der Waals surface area contributed by atoms with Crippen molar-refractivity contribution in [3.63, 3.8) is 0 Å². The van der Waals surface area contributed by atoms with E-state index in [4.69, 9.17) is 9.47 Å². The molecule has 2 fully saturated rings. The van der Waals surface area contributed by atoms with Crippen LogP contribution in [-0.4, -0.2) is 25.6 Å². The highest BCUT2D eigenvalue weighted by Gasteiger charge is 2.33. The van der Waals surface area contributed by atoms with E-state index in [2.05, 4.69) is 19.1 Å². The van der Waals surface area contributed by atoms with Gasteiger partial charge in [0, 0.05) is 0 Å². The van der Waals surface area contributed by atoms with Crippen LogP contribution in [0.4, 0.5) is 17.6 Å². The summed E-state index contributed by atoms with van der Waals surface area (Å²) in [6.07, 6.45) is 9.15. The number of halogens is 4. The predicted octanol–water partition coefficient (Wildman–Crippen LogP) is 7.61. The van der Waals surface area contributed by atoms with E-state index in [1.807, 2.05) is 0 Å². The zero-order valence-corrected chi connectivity index (χ0v) is 19.2. The van der Waals surface area contributed by atoms with Gasteiger partial charge >= 0.3 is 0 Å². The molecule has 2 aliphatic carbocycles. The lowest BCUT2D eigenvalue weighted by Crippen LogP contribution is -2.33. The van der Waals surface area contributed by atoms with Crippen LogP contribution in [0.3, 0.4) is 0 Å². The van der Waals surface area contributed by atoms with Gasteiger partial charge in [0.25, 0.3) is 0 Å². The number of allylic oxidation sites excluding steroid dienone is 2. The van der Waals surface area contributed by atoms with E-state index in [-0.39, 0.29) is 18.3 Å². The van der Waals surface area contributed by atoms with Crippen molar-refractivity contribution in [2.45, 2.75) is 77.6 Å². The van der Waals surface area contributed by atoms with Crippen LogP contribution in [0.5, 0.6) is 11.5 Å².